The summed E-state index contributed by atoms with van der Waals surface area (Å²) in [5, 5.41) is 10.7. The minimum Gasteiger partial charge on any atom is -0.394 e. The number of aliphatic hydroxyl groups is 1. The van der Waals surface area contributed by atoms with Gasteiger partial charge in [0.05, 0.1) is 25.5 Å². The molecule has 3 N–H and O–H groups in total. The molecule has 6 atom stereocenters. The van der Waals surface area contributed by atoms with Crippen LogP contribution >= 0.6 is 30.8 Å². The van der Waals surface area contributed by atoms with Crippen LogP contribution in [0.4, 0.5) is 10.2 Å². The fourth-order valence-corrected chi connectivity index (χ4v) is 5.11. The number of hydrogen-bond donors (Lipinski definition) is 2. The van der Waals surface area contributed by atoms with E-state index in [2.05, 4.69) is 18.0 Å². The molecule has 0 aliphatic carbocycles. The molecule has 31 heavy (non-hydrogen) atoms. The Hall–Kier alpha value is -1.49. The van der Waals surface area contributed by atoms with Crippen LogP contribution in [0.15, 0.2) is 6.33 Å². The number of fused-ring (bicyclic) bond motifs is 2. The quantitative estimate of drug-likeness (QED) is 0.289. The van der Waals surface area contributed by atoms with Crippen LogP contribution in [0.25, 0.3) is 11.2 Å². The number of ether oxygens (including phenoxy) is 1. The van der Waals surface area contributed by atoms with Gasteiger partial charge in [-0.05, 0) is 6.42 Å². The summed E-state index contributed by atoms with van der Waals surface area (Å²) in [5.74, 6) is -1.08. The van der Waals surface area contributed by atoms with Crippen LogP contribution in [-0.4, -0.2) is 62.1 Å². The first kappa shape index (κ1) is 22.7. The van der Waals surface area contributed by atoms with Crippen molar-refractivity contribution >= 4 is 53.8 Å². The SMILES string of the molecule is CC(CCOP1(=O)OCC2O[C@@H](n3cnc4c(N)nc(F)nc43)[C@@H](O)[C@@H]2O1)C(=O)OI. The fraction of sp³-hybridized carbons (Fsp3) is 0.600. The lowest BCUT2D eigenvalue weighted by Crippen LogP contribution is -2.39. The Morgan fingerprint density at radius 1 is 1.55 bits per heavy atom. The highest BCUT2D eigenvalue weighted by atomic mass is 127. The van der Waals surface area contributed by atoms with Crippen LogP contribution < -0.4 is 5.73 Å². The third kappa shape index (κ3) is 4.40. The molecule has 0 spiro atoms. The summed E-state index contributed by atoms with van der Waals surface area (Å²) in [5.41, 5.74) is 5.81. The number of carbonyl (C=O) groups excluding carboxylic acids is 1. The zero-order chi connectivity index (χ0) is 22.3. The molecule has 2 aliphatic rings. The van der Waals surface area contributed by atoms with E-state index in [1.807, 2.05) is 0 Å². The van der Waals surface area contributed by atoms with Gasteiger partial charge < -0.3 is 18.6 Å². The first-order valence-corrected chi connectivity index (χ1v) is 11.5. The monoisotopic (exact) mass is 573 g/mol. The van der Waals surface area contributed by atoms with Gasteiger partial charge in [0.15, 0.2) is 46.2 Å². The summed E-state index contributed by atoms with van der Waals surface area (Å²) in [6, 6.07) is 0. The van der Waals surface area contributed by atoms with Crippen LogP contribution in [0.1, 0.15) is 19.6 Å². The number of rotatable bonds is 6. The Morgan fingerprint density at radius 3 is 3.06 bits per heavy atom. The van der Waals surface area contributed by atoms with Gasteiger partial charge in [-0.15, -0.1) is 0 Å². The van der Waals surface area contributed by atoms with Gasteiger partial charge in [0.1, 0.15) is 18.3 Å². The molecular formula is C15H18FIN5O8P. The summed E-state index contributed by atoms with van der Waals surface area (Å²) in [7, 11) is -4.01. The number of phosphoric ester groups is 1. The minimum atomic E-state index is -4.01. The Labute approximate surface area is 188 Å². The number of anilines is 1. The number of imidazole rings is 1. The highest BCUT2D eigenvalue weighted by Gasteiger charge is 2.53. The van der Waals surface area contributed by atoms with Gasteiger partial charge in [-0.25, -0.2) is 9.55 Å². The molecule has 13 nitrogen and oxygen atoms in total. The van der Waals surface area contributed by atoms with Gasteiger partial charge in [-0.1, -0.05) is 6.92 Å². The molecule has 3 unspecified atom stereocenters. The largest absolute Gasteiger partial charge is 0.475 e. The number of carbonyl (C=O) groups is 1. The molecule has 2 aliphatic heterocycles. The fourth-order valence-electron chi connectivity index (χ4n) is 3.26. The normalized spacial score (nSPS) is 31.5. The maximum atomic E-state index is 13.6. The number of phosphoric acid groups is 1. The topological polar surface area (TPSA) is 170 Å². The van der Waals surface area contributed by atoms with Gasteiger partial charge in [-0.3, -0.25) is 22.9 Å². The van der Waals surface area contributed by atoms with E-state index in [0.29, 0.717) is 0 Å². The number of nitrogen functional groups attached to an aromatic ring is 1. The van der Waals surface area contributed by atoms with E-state index in [1.165, 1.54) is 33.9 Å². The van der Waals surface area contributed by atoms with Gasteiger partial charge >= 0.3 is 19.9 Å². The average Bonchev–Trinajstić information content (AvgIpc) is 3.28. The van der Waals surface area contributed by atoms with Crippen molar-refractivity contribution in [1.29, 1.82) is 0 Å². The van der Waals surface area contributed by atoms with E-state index in [9.17, 15) is 18.9 Å². The molecular weight excluding hydrogens is 555 g/mol. The molecule has 0 amide bonds. The van der Waals surface area contributed by atoms with Gasteiger partial charge in [0.2, 0.25) is 0 Å². The van der Waals surface area contributed by atoms with Crippen LogP contribution in [0.3, 0.4) is 0 Å². The molecule has 4 rings (SSSR count). The first-order valence-electron chi connectivity index (χ1n) is 9.11. The molecule has 4 heterocycles. The molecule has 2 fully saturated rings. The first-order chi connectivity index (χ1) is 14.7. The van der Waals surface area contributed by atoms with Gasteiger partial charge in [0.25, 0.3) is 0 Å². The van der Waals surface area contributed by atoms with E-state index < -0.39 is 50.3 Å². The van der Waals surface area contributed by atoms with Crippen molar-refractivity contribution in [2.45, 2.75) is 37.9 Å². The Morgan fingerprint density at radius 2 is 2.32 bits per heavy atom. The van der Waals surface area contributed by atoms with Crippen molar-refractivity contribution < 1.29 is 40.2 Å². The second kappa shape index (κ2) is 8.80. The average molecular weight is 573 g/mol. The van der Waals surface area contributed by atoms with Crippen molar-refractivity contribution in [3.05, 3.63) is 12.4 Å². The smallest absolute Gasteiger partial charge is 0.394 e. The predicted molar refractivity (Wildman–Crippen MR) is 108 cm³/mol. The van der Waals surface area contributed by atoms with Crippen molar-refractivity contribution in [2.24, 2.45) is 5.92 Å². The molecule has 0 bridgehead atoms. The molecule has 2 saturated heterocycles. The van der Waals surface area contributed by atoms with Crippen molar-refractivity contribution in [1.82, 2.24) is 19.5 Å². The van der Waals surface area contributed by atoms with Crippen LogP contribution in [-0.2, 0) is 30.7 Å². The van der Waals surface area contributed by atoms with E-state index >= 15 is 0 Å². The van der Waals surface area contributed by atoms with E-state index in [0.717, 1.165) is 0 Å². The maximum Gasteiger partial charge on any atom is 0.475 e. The summed E-state index contributed by atoms with van der Waals surface area (Å²) in [6.07, 6.45) is -3.80. The summed E-state index contributed by atoms with van der Waals surface area (Å²) in [4.78, 5) is 22.5. The lowest BCUT2D eigenvalue weighted by molar-refractivity contribution is -0.135. The van der Waals surface area contributed by atoms with Gasteiger partial charge in [-0.2, -0.15) is 14.4 Å². The zero-order valence-electron chi connectivity index (χ0n) is 16.0. The number of halogens is 2. The van der Waals surface area contributed by atoms with E-state index in [4.69, 9.17) is 24.0 Å². The van der Waals surface area contributed by atoms with E-state index in [1.54, 1.807) is 6.92 Å². The minimum absolute atomic E-state index is 0.0178. The second-order valence-corrected chi connectivity index (χ2v) is 9.05. The summed E-state index contributed by atoms with van der Waals surface area (Å²) in [6.45, 7) is 1.36. The number of nitrogens with zero attached hydrogens (tertiary/aromatic N) is 4. The molecule has 16 heteroatoms. The maximum absolute atomic E-state index is 13.6. The predicted octanol–water partition coefficient (Wildman–Crippen LogP) is 1.27. The highest BCUT2D eigenvalue weighted by Crippen LogP contribution is 2.56. The summed E-state index contributed by atoms with van der Waals surface area (Å²) >= 11 is 1.48. The second-order valence-electron chi connectivity index (χ2n) is 6.99. The molecule has 0 saturated carbocycles. The van der Waals surface area contributed by atoms with Crippen molar-refractivity contribution in [3.63, 3.8) is 0 Å². The lowest BCUT2D eigenvalue weighted by atomic mass is 10.1. The third-order valence-corrected chi connectivity index (χ3v) is 6.83. The standard InChI is InChI=1S/C15H18FIN5O8P/c1-6(14(24)29-17)2-3-26-31(25)27-4-7-10(30-31)9(23)13(28-7)22-5-19-8-11(18)20-15(16)21-12(8)22/h5-7,9-10,13,23H,2-4H2,1H3,(H2,18,20,21)/t6?,7?,9-,10+,13+,31?/m0/s1. The molecule has 0 radical (unpaired) electrons. The van der Waals surface area contributed by atoms with Gasteiger partial charge in [0, 0.05) is 0 Å². The Kier molecular flexibility index (Phi) is 6.44. The molecule has 0 aromatic carbocycles. The number of nitrogens with two attached hydrogens (primary N) is 1. The van der Waals surface area contributed by atoms with Crippen molar-refractivity contribution in [2.75, 3.05) is 18.9 Å². The van der Waals surface area contributed by atoms with Crippen LogP contribution in [0.2, 0.25) is 0 Å². The number of aliphatic hydroxyl groups excluding tert-OH is 1. The van der Waals surface area contributed by atoms with E-state index in [-0.39, 0.29) is 36.6 Å². The molecule has 170 valence electrons. The molecule has 2 aromatic rings. The van der Waals surface area contributed by atoms with Crippen LogP contribution in [0.5, 0.6) is 0 Å². The Bertz CT molecular complexity index is 1040. The number of hydrogen-bond acceptors (Lipinski definition) is 12. The zero-order valence-corrected chi connectivity index (χ0v) is 19.0. The van der Waals surface area contributed by atoms with Crippen LogP contribution in [0, 0.1) is 12.0 Å². The number of aromatic nitrogens is 4. The highest BCUT2D eigenvalue weighted by molar-refractivity contribution is 14.1. The Balaban J connectivity index is 1.46. The third-order valence-electron chi connectivity index (χ3n) is 4.93. The lowest BCUT2D eigenvalue weighted by Gasteiger charge is -2.30. The van der Waals surface area contributed by atoms with Crippen molar-refractivity contribution in [3.8, 4) is 0 Å². The molecule has 2 aromatic heterocycles. The summed E-state index contributed by atoms with van der Waals surface area (Å²) < 4.78 is 53.9.